The number of pyridine rings is 1. The Morgan fingerprint density at radius 1 is 1.64 bits per heavy atom. The van der Waals surface area contributed by atoms with Crippen LogP contribution in [0, 0.1) is 0 Å². The molecule has 0 bridgehead atoms. The van der Waals surface area contributed by atoms with E-state index in [1.165, 1.54) is 12.4 Å². The Hall–Kier alpha value is -0.610. The van der Waals surface area contributed by atoms with Gasteiger partial charge in [0.25, 0.3) is 5.91 Å². The molecule has 0 spiro atoms. The molecule has 1 aromatic heterocycles. The summed E-state index contributed by atoms with van der Waals surface area (Å²) >= 11 is 8.75. The second-order valence-corrected chi connectivity index (χ2v) is 3.05. The molecule has 1 amide bonds. The van der Waals surface area contributed by atoms with Gasteiger partial charge in [0, 0.05) is 12.4 Å². The molecular formula is C6H4BrClN2O. The van der Waals surface area contributed by atoms with Crippen LogP contribution in [-0.4, -0.2) is 10.9 Å². The van der Waals surface area contributed by atoms with Gasteiger partial charge in [-0.25, -0.2) is 0 Å². The Balaban J connectivity index is 3.27. The predicted molar refractivity (Wildman–Crippen MR) is 45.5 cm³/mol. The molecule has 1 heterocycles. The molecule has 0 aliphatic rings. The summed E-state index contributed by atoms with van der Waals surface area (Å²) < 4.78 is 0.488. The average Bonchev–Trinajstić information content (AvgIpc) is 1.94. The molecule has 3 nitrogen and oxygen atoms in total. The highest BCUT2D eigenvalue weighted by Gasteiger charge is 2.08. The maximum absolute atomic E-state index is 10.7. The van der Waals surface area contributed by atoms with Crippen molar-refractivity contribution < 1.29 is 4.79 Å². The quantitative estimate of drug-likeness (QED) is 0.804. The number of carbonyl (C=O) groups is 1. The highest BCUT2D eigenvalue weighted by molar-refractivity contribution is 9.10. The van der Waals surface area contributed by atoms with E-state index < -0.39 is 5.91 Å². The zero-order chi connectivity index (χ0) is 8.43. The fourth-order valence-corrected chi connectivity index (χ4v) is 1.15. The highest BCUT2D eigenvalue weighted by Crippen LogP contribution is 2.24. The van der Waals surface area contributed by atoms with E-state index in [-0.39, 0.29) is 5.56 Å². The molecule has 1 rings (SSSR count). The van der Waals surface area contributed by atoms with E-state index in [9.17, 15) is 4.79 Å². The van der Waals surface area contributed by atoms with Crippen molar-refractivity contribution in [3.05, 3.63) is 27.5 Å². The molecule has 0 aliphatic carbocycles. The monoisotopic (exact) mass is 234 g/mol. The van der Waals surface area contributed by atoms with E-state index in [0.717, 1.165) is 0 Å². The van der Waals surface area contributed by atoms with Gasteiger partial charge in [0.05, 0.1) is 15.1 Å². The number of nitrogens with zero attached hydrogens (tertiary/aromatic N) is 1. The third kappa shape index (κ3) is 1.70. The first-order valence-corrected chi connectivity index (χ1v) is 3.89. The van der Waals surface area contributed by atoms with Crippen molar-refractivity contribution in [2.75, 3.05) is 0 Å². The first-order valence-electron chi connectivity index (χ1n) is 2.71. The van der Waals surface area contributed by atoms with Crippen LogP contribution in [0.4, 0.5) is 0 Å². The zero-order valence-corrected chi connectivity index (χ0v) is 7.69. The largest absolute Gasteiger partial charge is 0.366 e. The number of carbonyl (C=O) groups excluding carboxylic acids is 1. The summed E-state index contributed by atoms with van der Waals surface area (Å²) in [6.45, 7) is 0. The second-order valence-electron chi connectivity index (χ2n) is 1.85. The standard InChI is InChI=1S/C6H4BrClN2O/c7-5-3(6(9)11)1-10-2-4(5)8/h1-2H,(H2,9,11). The lowest BCUT2D eigenvalue weighted by Crippen LogP contribution is -2.12. The van der Waals surface area contributed by atoms with Gasteiger partial charge in [-0.2, -0.15) is 0 Å². The Labute approximate surface area is 76.7 Å². The smallest absolute Gasteiger partial charge is 0.251 e. The number of amides is 1. The van der Waals surface area contributed by atoms with Crippen molar-refractivity contribution in [2.24, 2.45) is 5.73 Å². The van der Waals surface area contributed by atoms with Gasteiger partial charge in [-0.05, 0) is 15.9 Å². The van der Waals surface area contributed by atoms with Crippen LogP contribution < -0.4 is 5.73 Å². The first kappa shape index (κ1) is 8.49. The average molecular weight is 235 g/mol. The van der Waals surface area contributed by atoms with Crippen LogP contribution in [0.2, 0.25) is 5.02 Å². The molecule has 0 aliphatic heterocycles. The molecule has 0 fully saturated rings. The highest BCUT2D eigenvalue weighted by atomic mass is 79.9. The molecule has 0 aromatic carbocycles. The van der Waals surface area contributed by atoms with Gasteiger partial charge in [-0.15, -0.1) is 0 Å². The lowest BCUT2D eigenvalue weighted by molar-refractivity contribution is 0.0999. The zero-order valence-electron chi connectivity index (χ0n) is 5.34. The fraction of sp³-hybridized carbons (Fsp3) is 0. The van der Waals surface area contributed by atoms with Crippen LogP contribution in [0.25, 0.3) is 0 Å². The third-order valence-corrected chi connectivity index (χ3v) is 2.47. The topological polar surface area (TPSA) is 56.0 Å². The number of primary amides is 1. The number of halogens is 2. The van der Waals surface area contributed by atoms with Gasteiger partial charge in [-0.1, -0.05) is 11.6 Å². The Bertz CT molecular complexity index is 303. The molecule has 0 saturated carbocycles. The number of nitrogens with two attached hydrogens (primary N) is 1. The molecule has 5 heteroatoms. The first-order chi connectivity index (χ1) is 5.13. The molecule has 0 unspecified atom stereocenters. The van der Waals surface area contributed by atoms with E-state index >= 15 is 0 Å². The van der Waals surface area contributed by atoms with Crippen LogP contribution in [0.3, 0.4) is 0 Å². The minimum absolute atomic E-state index is 0.289. The molecule has 58 valence electrons. The van der Waals surface area contributed by atoms with Crippen LogP contribution >= 0.6 is 27.5 Å². The minimum Gasteiger partial charge on any atom is -0.366 e. The predicted octanol–water partition coefficient (Wildman–Crippen LogP) is 1.60. The molecule has 0 atom stereocenters. The van der Waals surface area contributed by atoms with E-state index in [1.807, 2.05) is 0 Å². The maximum atomic E-state index is 10.7. The minimum atomic E-state index is -0.549. The Morgan fingerprint density at radius 2 is 2.27 bits per heavy atom. The lowest BCUT2D eigenvalue weighted by Gasteiger charge is -1.98. The molecule has 2 N–H and O–H groups in total. The van der Waals surface area contributed by atoms with E-state index in [2.05, 4.69) is 20.9 Å². The van der Waals surface area contributed by atoms with Crippen molar-refractivity contribution in [1.82, 2.24) is 4.98 Å². The fourth-order valence-electron chi connectivity index (χ4n) is 0.591. The van der Waals surface area contributed by atoms with Gasteiger partial charge in [0.1, 0.15) is 0 Å². The van der Waals surface area contributed by atoms with Gasteiger partial charge < -0.3 is 5.73 Å². The van der Waals surface area contributed by atoms with Gasteiger partial charge in [0.15, 0.2) is 0 Å². The van der Waals surface area contributed by atoms with Gasteiger partial charge >= 0.3 is 0 Å². The van der Waals surface area contributed by atoms with E-state index in [0.29, 0.717) is 9.50 Å². The lowest BCUT2D eigenvalue weighted by atomic mass is 10.3. The number of hydrogen-bond donors (Lipinski definition) is 1. The van der Waals surface area contributed by atoms with Gasteiger partial charge in [-0.3, -0.25) is 9.78 Å². The summed E-state index contributed by atoms with van der Waals surface area (Å²) in [5.74, 6) is -0.549. The maximum Gasteiger partial charge on any atom is 0.251 e. The van der Waals surface area contributed by atoms with Gasteiger partial charge in [0.2, 0.25) is 0 Å². The SMILES string of the molecule is NC(=O)c1cncc(Cl)c1Br. The van der Waals surface area contributed by atoms with Crippen LogP contribution in [-0.2, 0) is 0 Å². The molecule has 0 radical (unpaired) electrons. The summed E-state index contributed by atoms with van der Waals surface area (Å²) in [4.78, 5) is 14.4. The summed E-state index contributed by atoms with van der Waals surface area (Å²) in [7, 11) is 0. The van der Waals surface area contributed by atoms with E-state index in [1.54, 1.807) is 0 Å². The van der Waals surface area contributed by atoms with E-state index in [4.69, 9.17) is 17.3 Å². The molecule has 0 saturated heterocycles. The second kappa shape index (κ2) is 3.19. The summed E-state index contributed by atoms with van der Waals surface area (Å²) in [6.07, 6.45) is 2.79. The van der Waals surface area contributed by atoms with Crippen molar-refractivity contribution in [1.29, 1.82) is 0 Å². The number of rotatable bonds is 1. The van der Waals surface area contributed by atoms with Crippen molar-refractivity contribution in [3.8, 4) is 0 Å². The van der Waals surface area contributed by atoms with Crippen molar-refractivity contribution in [3.63, 3.8) is 0 Å². The molecule has 1 aromatic rings. The third-order valence-electron chi connectivity index (χ3n) is 1.10. The molecular weight excluding hydrogens is 231 g/mol. The number of aromatic nitrogens is 1. The molecule has 11 heavy (non-hydrogen) atoms. The van der Waals surface area contributed by atoms with Crippen LogP contribution in [0.1, 0.15) is 10.4 Å². The normalized spacial score (nSPS) is 9.64. The van der Waals surface area contributed by atoms with Crippen LogP contribution in [0.5, 0.6) is 0 Å². The van der Waals surface area contributed by atoms with Crippen molar-refractivity contribution in [2.45, 2.75) is 0 Å². The van der Waals surface area contributed by atoms with Crippen molar-refractivity contribution >= 4 is 33.4 Å². The summed E-state index contributed by atoms with van der Waals surface area (Å²) in [6, 6.07) is 0. The number of hydrogen-bond acceptors (Lipinski definition) is 2. The van der Waals surface area contributed by atoms with Crippen LogP contribution in [0.15, 0.2) is 16.9 Å². The summed E-state index contributed by atoms with van der Waals surface area (Å²) in [5.41, 5.74) is 5.31. The Kier molecular flexibility index (Phi) is 2.46. The Morgan fingerprint density at radius 3 is 2.73 bits per heavy atom. The summed E-state index contributed by atoms with van der Waals surface area (Å²) in [5, 5.41) is 0.376.